The van der Waals surface area contributed by atoms with Gasteiger partial charge >= 0.3 is 0 Å². The molecule has 1 heterocycles. The largest absolute Gasteiger partial charge is 0.310 e. The van der Waals surface area contributed by atoms with E-state index in [-0.39, 0.29) is 0 Å². The number of hydrogen-bond acceptors (Lipinski definition) is 2. The number of nitrogens with zero attached hydrogens (tertiary/aromatic N) is 2. The number of nitrogens with one attached hydrogen (secondary N) is 1. The molecule has 21 heavy (non-hydrogen) atoms. The molecule has 2 aromatic rings. The van der Waals surface area contributed by atoms with Crippen molar-refractivity contribution in [2.45, 2.75) is 39.2 Å². The van der Waals surface area contributed by atoms with Crippen LogP contribution < -0.4 is 5.32 Å². The Bertz CT molecular complexity index is 577. The summed E-state index contributed by atoms with van der Waals surface area (Å²) in [4.78, 5) is 0. The molecule has 1 atom stereocenters. The van der Waals surface area contributed by atoms with Gasteiger partial charge in [0.2, 0.25) is 0 Å². The normalized spacial score (nSPS) is 12.6. The molecule has 1 aromatic heterocycles. The Hall–Kier alpha value is -1.32. The minimum Gasteiger partial charge on any atom is -0.310 e. The maximum Gasteiger partial charge on any atom is 0.0521 e. The van der Waals surface area contributed by atoms with Crippen LogP contribution in [0.1, 0.15) is 42.5 Å². The van der Waals surface area contributed by atoms with Gasteiger partial charge in [0.25, 0.3) is 0 Å². The molecular formula is C17H24ClN3. The van der Waals surface area contributed by atoms with Gasteiger partial charge in [-0.3, -0.25) is 4.68 Å². The zero-order chi connectivity index (χ0) is 15.2. The van der Waals surface area contributed by atoms with Crippen LogP contribution in [0.2, 0.25) is 5.02 Å². The summed E-state index contributed by atoms with van der Waals surface area (Å²) < 4.78 is 1.86. The van der Waals surface area contributed by atoms with Gasteiger partial charge in [-0.15, -0.1) is 0 Å². The summed E-state index contributed by atoms with van der Waals surface area (Å²) in [5, 5.41) is 8.73. The molecule has 0 spiro atoms. The van der Waals surface area contributed by atoms with Gasteiger partial charge in [-0.1, -0.05) is 30.7 Å². The summed E-state index contributed by atoms with van der Waals surface area (Å²) in [6.07, 6.45) is 7.22. The van der Waals surface area contributed by atoms with Crippen molar-refractivity contribution in [1.82, 2.24) is 15.1 Å². The van der Waals surface area contributed by atoms with E-state index in [2.05, 4.69) is 36.5 Å². The molecule has 0 radical (unpaired) electrons. The van der Waals surface area contributed by atoms with Crippen molar-refractivity contribution in [3.05, 3.63) is 52.3 Å². The zero-order valence-electron chi connectivity index (χ0n) is 13.1. The van der Waals surface area contributed by atoms with Gasteiger partial charge in [-0.2, -0.15) is 5.10 Å². The molecule has 1 N–H and O–H groups in total. The molecular weight excluding hydrogens is 282 g/mol. The molecule has 0 saturated heterocycles. The van der Waals surface area contributed by atoms with Crippen molar-refractivity contribution in [2.24, 2.45) is 7.05 Å². The maximum absolute atomic E-state index is 6.27. The quantitative estimate of drug-likeness (QED) is 0.836. The number of benzene rings is 1. The highest BCUT2D eigenvalue weighted by Crippen LogP contribution is 2.27. The van der Waals surface area contributed by atoms with Gasteiger partial charge in [-0.25, -0.2) is 0 Å². The van der Waals surface area contributed by atoms with Gasteiger partial charge in [0, 0.05) is 24.3 Å². The number of aryl methyl sites for hydroxylation is 2. The first-order valence-corrected chi connectivity index (χ1v) is 7.95. The minimum atomic E-state index is 0.337. The summed E-state index contributed by atoms with van der Waals surface area (Å²) in [6.45, 7) is 5.31. The highest BCUT2D eigenvalue weighted by Gasteiger charge is 2.14. The molecule has 0 fully saturated rings. The lowest BCUT2D eigenvalue weighted by molar-refractivity contribution is 0.497. The zero-order valence-corrected chi connectivity index (χ0v) is 13.8. The second-order valence-electron chi connectivity index (χ2n) is 5.52. The standard InChI is InChI=1S/C17H24ClN3/c1-4-10-19-17(9-8-14-11-20-21(3)12-14)15-6-5-7-16(18)13(15)2/h5-7,11-12,17,19H,4,8-10H2,1-3H3. The maximum atomic E-state index is 6.27. The van der Waals surface area contributed by atoms with Gasteiger partial charge in [0.1, 0.15) is 0 Å². The predicted octanol–water partition coefficient (Wildman–Crippen LogP) is 4.06. The monoisotopic (exact) mass is 305 g/mol. The first kappa shape index (κ1) is 16.1. The molecule has 0 bridgehead atoms. The molecule has 4 heteroatoms. The Morgan fingerprint density at radius 3 is 2.86 bits per heavy atom. The Morgan fingerprint density at radius 2 is 2.19 bits per heavy atom. The van der Waals surface area contributed by atoms with Crippen LogP contribution in [0.5, 0.6) is 0 Å². The molecule has 0 aliphatic heterocycles. The topological polar surface area (TPSA) is 29.9 Å². The Balaban J connectivity index is 2.11. The van der Waals surface area contributed by atoms with Gasteiger partial charge in [-0.05, 0) is 55.5 Å². The predicted molar refractivity (Wildman–Crippen MR) is 88.8 cm³/mol. The molecule has 0 saturated carbocycles. The third-order valence-electron chi connectivity index (χ3n) is 3.81. The van der Waals surface area contributed by atoms with Crippen LogP contribution in [-0.2, 0) is 13.5 Å². The fraction of sp³-hybridized carbons (Fsp3) is 0.471. The fourth-order valence-electron chi connectivity index (χ4n) is 2.60. The van der Waals surface area contributed by atoms with E-state index in [9.17, 15) is 0 Å². The van der Waals surface area contributed by atoms with E-state index in [1.165, 1.54) is 16.7 Å². The molecule has 0 aliphatic carbocycles. The van der Waals surface area contributed by atoms with Crippen molar-refractivity contribution in [1.29, 1.82) is 0 Å². The SMILES string of the molecule is CCCNC(CCc1cnn(C)c1)c1cccc(Cl)c1C. The number of hydrogen-bond donors (Lipinski definition) is 1. The van der Waals surface area contributed by atoms with Crippen molar-refractivity contribution >= 4 is 11.6 Å². The van der Waals surface area contributed by atoms with E-state index < -0.39 is 0 Å². The molecule has 1 unspecified atom stereocenters. The first-order chi connectivity index (χ1) is 10.1. The molecule has 0 amide bonds. The van der Waals surface area contributed by atoms with Crippen molar-refractivity contribution < 1.29 is 0 Å². The van der Waals surface area contributed by atoms with Gasteiger partial charge in [0.05, 0.1) is 6.20 Å². The summed E-state index contributed by atoms with van der Waals surface area (Å²) in [5.74, 6) is 0. The van der Waals surface area contributed by atoms with E-state index in [0.29, 0.717) is 6.04 Å². The Labute approximate surface area is 132 Å². The minimum absolute atomic E-state index is 0.337. The lowest BCUT2D eigenvalue weighted by Crippen LogP contribution is -2.23. The summed E-state index contributed by atoms with van der Waals surface area (Å²) in [6, 6.07) is 6.51. The molecule has 2 rings (SSSR count). The summed E-state index contributed by atoms with van der Waals surface area (Å²) >= 11 is 6.27. The van der Waals surface area contributed by atoms with Crippen LogP contribution in [0.4, 0.5) is 0 Å². The molecule has 114 valence electrons. The van der Waals surface area contributed by atoms with Crippen molar-refractivity contribution in [3.8, 4) is 0 Å². The van der Waals surface area contributed by atoms with E-state index in [1.54, 1.807) is 0 Å². The number of aromatic nitrogens is 2. The van der Waals surface area contributed by atoms with Crippen LogP contribution in [0.25, 0.3) is 0 Å². The van der Waals surface area contributed by atoms with Crippen molar-refractivity contribution in [2.75, 3.05) is 6.54 Å². The first-order valence-electron chi connectivity index (χ1n) is 7.57. The van der Waals surface area contributed by atoms with Crippen molar-refractivity contribution in [3.63, 3.8) is 0 Å². The average molecular weight is 306 g/mol. The second kappa shape index (κ2) is 7.62. The van der Waals surface area contributed by atoms with Gasteiger partial charge < -0.3 is 5.32 Å². The van der Waals surface area contributed by atoms with E-state index in [0.717, 1.165) is 30.8 Å². The van der Waals surface area contributed by atoms with Crippen LogP contribution in [0.3, 0.4) is 0 Å². The Morgan fingerprint density at radius 1 is 1.38 bits per heavy atom. The number of rotatable bonds is 7. The lowest BCUT2D eigenvalue weighted by Gasteiger charge is -2.21. The molecule has 3 nitrogen and oxygen atoms in total. The highest BCUT2D eigenvalue weighted by atomic mass is 35.5. The van der Waals surface area contributed by atoms with E-state index in [4.69, 9.17) is 11.6 Å². The fourth-order valence-corrected chi connectivity index (χ4v) is 2.78. The average Bonchev–Trinajstić information content (AvgIpc) is 2.88. The van der Waals surface area contributed by atoms with E-state index >= 15 is 0 Å². The van der Waals surface area contributed by atoms with Crippen LogP contribution in [-0.4, -0.2) is 16.3 Å². The Kier molecular flexibility index (Phi) is 5.83. The summed E-state index contributed by atoms with van der Waals surface area (Å²) in [5.41, 5.74) is 3.76. The number of halogens is 1. The van der Waals surface area contributed by atoms with Crippen LogP contribution in [0, 0.1) is 6.92 Å². The third kappa shape index (κ3) is 4.32. The molecule has 0 aliphatic rings. The highest BCUT2D eigenvalue weighted by molar-refractivity contribution is 6.31. The van der Waals surface area contributed by atoms with E-state index in [1.807, 2.05) is 30.1 Å². The second-order valence-corrected chi connectivity index (χ2v) is 5.93. The van der Waals surface area contributed by atoms with Gasteiger partial charge in [0.15, 0.2) is 0 Å². The third-order valence-corrected chi connectivity index (χ3v) is 4.22. The van der Waals surface area contributed by atoms with Crippen LogP contribution in [0.15, 0.2) is 30.6 Å². The molecule has 1 aromatic carbocycles. The van der Waals surface area contributed by atoms with Crippen LogP contribution >= 0.6 is 11.6 Å². The lowest BCUT2D eigenvalue weighted by atomic mass is 9.96. The smallest absolute Gasteiger partial charge is 0.0521 e. The summed E-state index contributed by atoms with van der Waals surface area (Å²) in [7, 11) is 1.96.